The molecule has 10 nitrogen and oxygen atoms in total. The Kier molecular flexibility index (Phi) is 7.80. The molecular formula is C22H26F6N8O2. The molecule has 2 aromatic heterocycles. The van der Waals surface area contributed by atoms with E-state index in [1.54, 1.807) is 21.8 Å². The maximum atomic E-state index is 13.2. The van der Waals surface area contributed by atoms with Crippen molar-refractivity contribution < 1.29 is 31.1 Å². The summed E-state index contributed by atoms with van der Waals surface area (Å²) in [7, 11) is 0. The number of amides is 1. The van der Waals surface area contributed by atoms with Crippen molar-refractivity contribution >= 4 is 17.5 Å². The normalized spacial score (nSPS) is 20.2. The standard InChI is InChI=1S/C22H26F6N8O2/c1-12(33-16-11-32-34-18(37)17(16)22(26,27)28)8-29-15-4-7-36(19(15)38)14-2-5-35(6-3-14)20-30-9-13(10-31-20)21(23,24)25/h9-12,14-15,29H,2-8H2,1H3,(H2,33,34,37)/t12-,15+/m1/s1. The minimum Gasteiger partial charge on any atom is -0.379 e. The fourth-order valence-electron chi connectivity index (χ4n) is 4.69. The second-order valence-corrected chi connectivity index (χ2v) is 9.30. The first-order valence-electron chi connectivity index (χ1n) is 11.9. The summed E-state index contributed by atoms with van der Waals surface area (Å²) >= 11 is 0. The number of hydrogen-bond acceptors (Lipinski definition) is 8. The molecule has 2 aromatic rings. The molecule has 3 N–H and O–H groups in total. The topological polar surface area (TPSA) is 119 Å². The van der Waals surface area contributed by atoms with Crippen molar-refractivity contribution in [3.8, 4) is 0 Å². The van der Waals surface area contributed by atoms with Crippen LogP contribution in [0.15, 0.2) is 23.4 Å². The molecule has 2 aliphatic rings. The van der Waals surface area contributed by atoms with Gasteiger partial charge in [0.05, 0.1) is 23.5 Å². The Labute approximate surface area is 212 Å². The van der Waals surface area contributed by atoms with Gasteiger partial charge in [-0.1, -0.05) is 0 Å². The molecule has 0 unspecified atom stereocenters. The Balaban J connectivity index is 1.27. The van der Waals surface area contributed by atoms with Crippen molar-refractivity contribution in [2.75, 3.05) is 36.4 Å². The van der Waals surface area contributed by atoms with E-state index >= 15 is 0 Å². The van der Waals surface area contributed by atoms with Gasteiger partial charge in [0.15, 0.2) is 0 Å². The van der Waals surface area contributed by atoms with Crippen LogP contribution in [-0.4, -0.2) is 75.3 Å². The lowest BCUT2D eigenvalue weighted by molar-refractivity contribution is -0.139. The van der Waals surface area contributed by atoms with Crippen LogP contribution < -0.4 is 21.1 Å². The highest BCUT2D eigenvalue weighted by atomic mass is 19.4. The van der Waals surface area contributed by atoms with E-state index in [4.69, 9.17) is 0 Å². The number of aromatic amines is 1. The van der Waals surface area contributed by atoms with Crippen LogP contribution in [0.25, 0.3) is 0 Å². The number of H-pyrrole nitrogens is 1. The Bertz CT molecular complexity index is 1180. The smallest absolute Gasteiger partial charge is 0.379 e. The summed E-state index contributed by atoms with van der Waals surface area (Å²) < 4.78 is 77.9. The number of aromatic nitrogens is 4. The van der Waals surface area contributed by atoms with E-state index in [1.165, 1.54) is 0 Å². The molecule has 0 spiro atoms. The van der Waals surface area contributed by atoms with Crippen LogP contribution in [0.5, 0.6) is 0 Å². The summed E-state index contributed by atoms with van der Waals surface area (Å²) in [5, 5.41) is 10.9. The number of anilines is 2. The number of rotatable bonds is 7. The molecule has 0 saturated carbocycles. The summed E-state index contributed by atoms with van der Waals surface area (Å²) in [5.74, 6) is 0.0877. The third-order valence-electron chi connectivity index (χ3n) is 6.61. The van der Waals surface area contributed by atoms with Gasteiger partial charge in [-0.2, -0.15) is 31.4 Å². The molecular weight excluding hydrogens is 522 g/mol. The van der Waals surface area contributed by atoms with Crippen LogP contribution in [0.2, 0.25) is 0 Å². The molecule has 0 aromatic carbocycles. The van der Waals surface area contributed by atoms with E-state index in [9.17, 15) is 35.9 Å². The summed E-state index contributed by atoms with van der Waals surface area (Å²) in [5.41, 5.74) is -4.08. The highest BCUT2D eigenvalue weighted by Gasteiger charge is 2.39. The molecule has 0 radical (unpaired) electrons. The van der Waals surface area contributed by atoms with E-state index in [0.717, 1.165) is 18.6 Å². The molecule has 4 rings (SSSR count). The van der Waals surface area contributed by atoms with Gasteiger partial charge in [0.1, 0.15) is 5.56 Å². The number of alkyl halides is 6. The number of carbonyl (C=O) groups is 1. The van der Waals surface area contributed by atoms with Crippen molar-refractivity contribution in [1.29, 1.82) is 0 Å². The largest absolute Gasteiger partial charge is 0.423 e. The van der Waals surface area contributed by atoms with Gasteiger partial charge >= 0.3 is 12.4 Å². The van der Waals surface area contributed by atoms with Gasteiger partial charge in [0, 0.05) is 50.7 Å². The van der Waals surface area contributed by atoms with Crippen LogP contribution in [0, 0.1) is 0 Å². The number of hydrogen-bond donors (Lipinski definition) is 3. The van der Waals surface area contributed by atoms with Crippen molar-refractivity contribution in [3.05, 3.63) is 40.1 Å². The molecule has 4 heterocycles. The Hall–Kier alpha value is -3.43. The van der Waals surface area contributed by atoms with Gasteiger partial charge < -0.3 is 20.4 Å². The molecule has 2 atom stereocenters. The van der Waals surface area contributed by atoms with Crippen molar-refractivity contribution in [2.45, 2.75) is 56.7 Å². The fraction of sp³-hybridized carbons (Fsp3) is 0.591. The number of nitrogens with zero attached hydrogens (tertiary/aromatic N) is 5. The van der Waals surface area contributed by atoms with Gasteiger partial charge in [-0.05, 0) is 26.2 Å². The van der Waals surface area contributed by atoms with Gasteiger partial charge in [-0.15, -0.1) is 0 Å². The van der Waals surface area contributed by atoms with Crippen LogP contribution in [0.3, 0.4) is 0 Å². The third-order valence-corrected chi connectivity index (χ3v) is 6.61. The molecule has 0 bridgehead atoms. The Morgan fingerprint density at radius 1 is 1.00 bits per heavy atom. The molecule has 16 heteroatoms. The maximum absolute atomic E-state index is 13.2. The van der Waals surface area contributed by atoms with Crippen LogP contribution in [-0.2, 0) is 17.1 Å². The first kappa shape index (κ1) is 27.6. The monoisotopic (exact) mass is 548 g/mol. The number of nitrogens with one attached hydrogen (secondary N) is 3. The Morgan fingerprint density at radius 3 is 2.26 bits per heavy atom. The zero-order valence-corrected chi connectivity index (χ0v) is 20.2. The third kappa shape index (κ3) is 6.16. The first-order valence-corrected chi connectivity index (χ1v) is 11.9. The minimum atomic E-state index is -4.86. The van der Waals surface area contributed by atoms with E-state index in [-0.39, 0.29) is 24.4 Å². The molecule has 1 amide bonds. The predicted molar refractivity (Wildman–Crippen MR) is 123 cm³/mol. The van der Waals surface area contributed by atoms with Crippen LogP contribution in [0.1, 0.15) is 37.3 Å². The second kappa shape index (κ2) is 10.7. The highest BCUT2D eigenvalue weighted by molar-refractivity contribution is 5.84. The predicted octanol–water partition coefficient (Wildman–Crippen LogP) is 2.26. The summed E-state index contributed by atoms with van der Waals surface area (Å²) in [6.45, 7) is 3.24. The fourth-order valence-corrected chi connectivity index (χ4v) is 4.69. The van der Waals surface area contributed by atoms with Gasteiger partial charge in [0.2, 0.25) is 11.9 Å². The Morgan fingerprint density at radius 2 is 1.66 bits per heavy atom. The zero-order valence-electron chi connectivity index (χ0n) is 20.2. The lowest BCUT2D eigenvalue weighted by atomic mass is 10.0. The molecule has 208 valence electrons. The second-order valence-electron chi connectivity index (χ2n) is 9.30. The molecule has 0 aliphatic carbocycles. The van der Waals surface area contributed by atoms with E-state index in [1.807, 2.05) is 0 Å². The van der Waals surface area contributed by atoms with E-state index < -0.39 is 46.8 Å². The van der Waals surface area contributed by atoms with E-state index in [2.05, 4.69) is 25.7 Å². The average molecular weight is 548 g/mol. The zero-order chi connectivity index (χ0) is 27.7. The molecule has 2 aliphatic heterocycles. The maximum Gasteiger partial charge on any atom is 0.423 e. The summed E-state index contributed by atoms with van der Waals surface area (Å²) in [6.07, 6.45) is -5.26. The molecule has 38 heavy (non-hydrogen) atoms. The summed E-state index contributed by atoms with van der Waals surface area (Å²) in [6, 6.07) is -1.10. The van der Waals surface area contributed by atoms with Gasteiger partial charge in [-0.25, -0.2) is 15.1 Å². The van der Waals surface area contributed by atoms with Crippen LogP contribution >= 0.6 is 0 Å². The number of halogens is 6. The van der Waals surface area contributed by atoms with E-state index in [0.29, 0.717) is 38.9 Å². The van der Waals surface area contributed by atoms with Crippen molar-refractivity contribution in [3.63, 3.8) is 0 Å². The first-order chi connectivity index (χ1) is 17.8. The quantitative estimate of drug-likeness (QED) is 0.451. The van der Waals surface area contributed by atoms with Gasteiger partial charge in [0.25, 0.3) is 5.56 Å². The SMILES string of the molecule is C[C@H](CN[C@H]1CCN(C2CCN(c3ncc(C(F)(F)F)cn3)CC2)C1=O)Nc1cn[nH]c(=O)c1C(F)(F)F. The number of likely N-dealkylation sites (tertiary alicyclic amines) is 1. The van der Waals surface area contributed by atoms with Crippen LogP contribution in [0.4, 0.5) is 38.0 Å². The number of carbonyl (C=O) groups excluding carboxylic acids is 1. The molecule has 2 saturated heterocycles. The van der Waals surface area contributed by atoms with Crippen molar-refractivity contribution in [1.82, 2.24) is 30.4 Å². The lowest BCUT2D eigenvalue weighted by Gasteiger charge is -2.36. The highest BCUT2D eigenvalue weighted by Crippen LogP contribution is 2.32. The lowest BCUT2D eigenvalue weighted by Crippen LogP contribution is -2.49. The molecule has 2 fully saturated rings. The van der Waals surface area contributed by atoms with Crippen molar-refractivity contribution in [2.24, 2.45) is 0 Å². The van der Waals surface area contributed by atoms with Gasteiger partial charge in [-0.3, -0.25) is 9.59 Å². The number of piperidine rings is 1. The average Bonchev–Trinajstić information content (AvgIpc) is 3.21. The minimum absolute atomic E-state index is 0.0491. The summed E-state index contributed by atoms with van der Waals surface area (Å²) in [4.78, 5) is 35.8.